The summed E-state index contributed by atoms with van der Waals surface area (Å²) in [5.74, 6) is 0.628. The van der Waals surface area contributed by atoms with E-state index in [0.717, 1.165) is 5.71 Å². The maximum atomic E-state index is 11.4. The lowest BCUT2D eigenvalue weighted by Gasteiger charge is -1.96. The minimum Gasteiger partial charge on any atom is -0.265 e. The van der Waals surface area contributed by atoms with Gasteiger partial charge in [-0.25, -0.2) is 0 Å². The van der Waals surface area contributed by atoms with Crippen LogP contribution >= 0.6 is 0 Å². The molecular formula is C7H8N4O. The van der Waals surface area contributed by atoms with E-state index < -0.39 is 0 Å². The molecule has 0 atom stereocenters. The standard InChI is InChI=1S/C7H8N4O/c1-4-3-6-9-8-5(2)7(12)11(6)10-4/h3H2,1-2H3. The van der Waals surface area contributed by atoms with Gasteiger partial charge in [-0.15, -0.1) is 10.2 Å². The minimum absolute atomic E-state index is 0.170. The fraction of sp³-hybridized carbons (Fsp3) is 0.429. The van der Waals surface area contributed by atoms with Gasteiger partial charge in [0.05, 0.1) is 0 Å². The molecule has 1 aliphatic rings. The van der Waals surface area contributed by atoms with Gasteiger partial charge in [-0.2, -0.15) is 9.78 Å². The van der Waals surface area contributed by atoms with Gasteiger partial charge in [0.15, 0.2) is 5.82 Å². The van der Waals surface area contributed by atoms with Crippen LogP contribution in [0.4, 0.5) is 0 Å². The van der Waals surface area contributed by atoms with Gasteiger partial charge >= 0.3 is 0 Å². The molecule has 1 aliphatic heterocycles. The molecule has 1 aromatic rings. The van der Waals surface area contributed by atoms with Crippen LogP contribution in [0.5, 0.6) is 0 Å². The van der Waals surface area contributed by atoms with Gasteiger partial charge in [0, 0.05) is 12.1 Å². The Morgan fingerprint density at radius 3 is 2.83 bits per heavy atom. The number of nitrogens with zero attached hydrogens (tertiary/aromatic N) is 4. The molecule has 0 saturated heterocycles. The molecule has 0 saturated carbocycles. The van der Waals surface area contributed by atoms with Crippen molar-refractivity contribution in [2.24, 2.45) is 5.10 Å². The minimum atomic E-state index is -0.170. The highest BCUT2D eigenvalue weighted by Crippen LogP contribution is 2.02. The molecule has 5 heteroatoms. The van der Waals surface area contributed by atoms with Gasteiger partial charge in [0.1, 0.15) is 5.69 Å². The van der Waals surface area contributed by atoms with Crippen molar-refractivity contribution in [3.8, 4) is 0 Å². The van der Waals surface area contributed by atoms with Crippen LogP contribution in [0.1, 0.15) is 18.4 Å². The SMILES string of the molecule is CC1=Nn2c(nnc(C)c2=O)C1. The number of hydrogen-bond donors (Lipinski definition) is 0. The summed E-state index contributed by atoms with van der Waals surface area (Å²) in [6.45, 7) is 3.50. The topological polar surface area (TPSA) is 60.1 Å². The van der Waals surface area contributed by atoms with E-state index in [1.54, 1.807) is 6.92 Å². The first kappa shape index (κ1) is 7.15. The van der Waals surface area contributed by atoms with Crippen molar-refractivity contribution in [3.05, 3.63) is 21.9 Å². The maximum Gasteiger partial charge on any atom is 0.295 e. The third kappa shape index (κ3) is 0.861. The van der Waals surface area contributed by atoms with E-state index in [1.807, 2.05) is 6.92 Å². The summed E-state index contributed by atoms with van der Waals surface area (Å²) in [6.07, 6.45) is 0.628. The van der Waals surface area contributed by atoms with Gasteiger partial charge < -0.3 is 0 Å². The molecule has 0 bridgehead atoms. The molecule has 0 fully saturated rings. The highest BCUT2D eigenvalue weighted by Gasteiger charge is 2.15. The lowest BCUT2D eigenvalue weighted by atomic mass is 10.3. The van der Waals surface area contributed by atoms with Crippen LogP contribution < -0.4 is 5.56 Å². The van der Waals surface area contributed by atoms with Crippen molar-refractivity contribution in [2.45, 2.75) is 20.3 Å². The number of aryl methyl sites for hydroxylation is 1. The normalized spacial score (nSPS) is 14.3. The first-order chi connectivity index (χ1) is 5.68. The van der Waals surface area contributed by atoms with Crippen LogP contribution in [0, 0.1) is 6.92 Å². The molecule has 0 N–H and O–H groups in total. The Hall–Kier alpha value is -1.52. The zero-order valence-corrected chi connectivity index (χ0v) is 6.90. The summed E-state index contributed by atoms with van der Waals surface area (Å²) in [5.41, 5.74) is 1.11. The second-order valence-corrected chi connectivity index (χ2v) is 2.83. The van der Waals surface area contributed by atoms with E-state index in [1.165, 1.54) is 4.68 Å². The number of aromatic nitrogens is 3. The highest BCUT2D eigenvalue weighted by molar-refractivity contribution is 5.84. The van der Waals surface area contributed by atoms with E-state index in [2.05, 4.69) is 15.3 Å². The van der Waals surface area contributed by atoms with Crippen molar-refractivity contribution >= 4 is 5.71 Å². The Bertz CT molecular complexity index is 418. The second-order valence-electron chi connectivity index (χ2n) is 2.83. The van der Waals surface area contributed by atoms with Crippen molar-refractivity contribution in [3.63, 3.8) is 0 Å². The Morgan fingerprint density at radius 2 is 2.08 bits per heavy atom. The van der Waals surface area contributed by atoms with Crippen molar-refractivity contribution in [2.75, 3.05) is 0 Å². The van der Waals surface area contributed by atoms with E-state index in [0.29, 0.717) is 17.9 Å². The molecule has 12 heavy (non-hydrogen) atoms. The number of rotatable bonds is 0. The third-order valence-electron chi connectivity index (χ3n) is 1.75. The predicted octanol–water partition coefficient (Wildman–Crippen LogP) is -0.273. The molecule has 0 unspecified atom stereocenters. The molecule has 2 rings (SSSR count). The van der Waals surface area contributed by atoms with Crippen LogP contribution in [-0.4, -0.2) is 20.6 Å². The summed E-state index contributed by atoms with van der Waals surface area (Å²) in [5, 5.41) is 11.6. The van der Waals surface area contributed by atoms with Crippen LogP contribution in [0.15, 0.2) is 9.90 Å². The fourth-order valence-electron chi connectivity index (χ4n) is 1.14. The van der Waals surface area contributed by atoms with Crippen LogP contribution in [0.25, 0.3) is 0 Å². The molecule has 1 aromatic heterocycles. The maximum absolute atomic E-state index is 11.4. The zero-order chi connectivity index (χ0) is 8.72. The lowest BCUT2D eigenvalue weighted by Crippen LogP contribution is -2.22. The van der Waals surface area contributed by atoms with Crippen LogP contribution in [0.3, 0.4) is 0 Å². The van der Waals surface area contributed by atoms with Crippen LogP contribution in [-0.2, 0) is 6.42 Å². The number of fused-ring (bicyclic) bond motifs is 1. The Morgan fingerprint density at radius 1 is 1.33 bits per heavy atom. The highest BCUT2D eigenvalue weighted by atomic mass is 16.1. The molecule has 0 aliphatic carbocycles. The third-order valence-corrected chi connectivity index (χ3v) is 1.75. The molecule has 0 aromatic carbocycles. The van der Waals surface area contributed by atoms with E-state index in [9.17, 15) is 4.79 Å². The summed E-state index contributed by atoms with van der Waals surface area (Å²) in [7, 11) is 0. The summed E-state index contributed by atoms with van der Waals surface area (Å²) in [4.78, 5) is 11.4. The van der Waals surface area contributed by atoms with Crippen molar-refractivity contribution in [1.29, 1.82) is 0 Å². The van der Waals surface area contributed by atoms with Gasteiger partial charge in [0.2, 0.25) is 0 Å². The lowest BCUT2D eigenvalue weighted by molar-refractivity contribution is 0.712. The Balaban J connectivity index is 2.73. The largest absolute Gasteiger partial charge is 0.295 e. The fourth-order valence-corrected chi connectivity index (χ4v) is 1.14. The van der Waals surface area contributed by atoms with Crippen molar-refractivity contribution in [1.82, 2.24) is 14.9 Å². The molecule has 0 spiro atoms. The van der Waals surface area contributed by atoms with Gasteiger partial charge in [0.25, 0.3) is 5.56 Å². The first-order valence-corrected chi connectivity index (χ1v) is 3.68. The first-order valence-electron chi connectivity index (χ1n) is 3.68. The van der Waals surface area contributed by atoms with Gasteiger partial charge in [-0.05, 0) is 13.8 Å². The molecular weight excluding hydrogens is 156 g/mol. The van der Waals surface area contributed by atoms with E-state index in [-0.39, 0.29) is 5.56 Å². The van der Waals surface area contributed by atoms with Crippen molar-refractivity contribution < 1.29 is 0 Å². The molecule has 62 valence electrons. The quantitative estimate of drug-likeness (QED) is 0.530. The van der Waals surface area contributed by atoms with E-state index >= 15 is 0 Å². The average molecular weight is 164 g/mol. The number of hydrogen-bond acceptors (Lipinski definition) is 4. The molecule has 0 radical (unpaired) electrons. The average Bonchev–Trinajstić information content (AvgIpc) is 2.39. The predicted molar refractivity (Wildman–Crippen MR) is 43.2 cm³/mol. The van der Waals surface area contributed by atoms with Gasteiger partial charge in [-0.1, -0.05) is 0 Å². The second kappa shape index (κ2) is 2.23. The summed E-state index contributed by atoms with van der Waals surface area (Å²) < 4.78 is 1.32. The molecule has 2 heterocycles. The Kier molecular flexibility index (Phi) is 1.33. The van der Waals surface area contributed by atoms with E-state index in [4.69, 9.17) is 0 Å². The van der Waals surface area contributed by atoms with Crippen LogP contribution in [0.2, 0.25) is 0 Å². The summed E-state index contributed by atoms with van der Waals surface area (Å²) in [6, 6.07) is 0. The monoisotopic (exact) mass is 164 g/mol. The zero-order valence-electron chi connectivity index (χ0n) is 6.90. The van der Waals surface area contributed by atoms with Gasteiger partial charge in [-0.3, -0.25) is 4.79 Å². The smallest absolute Gasteiger partial charge is 0.265 e. The molecule has 0 amide bonds. The summed E-state index contributed by atoms with van der Waals surface area (Å²) >= 11 is 0. The Labute approximate surface area is 68.7 Å². The molecule has 5 nitrogen and oxygen atoms in total.